The summed E-state index contributed by atoms with van der Waals surface area (Å²) >= 11 is 6.43. The standard InChI is InChI=1S/C20H23ClO2S/c1-3-7-19(24(23)17-12-10-15(2)11-13-17)20(22)18(21)14-16-8-5-4-6-9-16/h4-13,18,20,22H,3,14H2,1-2H3/b19-7+/t18-,20-,24-/m0/s1. The second-order valence-corrected chi connectivity index (χ2v) is 7.79. The zero-order valence-corrected chi connectivity index (χ0v) is 15.6. The summed E-state index contributed by atoms with van der Waals surface area (Å²) in [6, 6.07) is 17.3. The molecule has 24 heavy (non-hydrogen) atoms. The summed E-state index contributed by atoms with van der Waals surface area (Å²) in [5.74, 6) is 0. The number of rotatable bonds is 7. The Hall–Kier alpha value is -1.42. The van der Waals surface area contributed by atoms with Crippen LogP contribution in [0.2, 0.25) is 0 Å². The molecule has 0 saturated heterocycles. The normalized spacial score (nSPS) is 15.8. The Balaban J connectivity index is 2.18. The van der Waals surface area contributed by atoms with E-state index in [2.05, 4.69) is 0 Å². The van der Waals surface area contributed by atoms with E-state index in [-0.39, 0.29) is 0 Å². The third-order valence-corrected chi connectivity index (χ3v) is 5.69. The lowest BCUT2D eigenvalue weighted by Crippen LogP contribution is -2.27. The maximum absolute atomic E-state index is 12.9. The van der Waals surface area contributed by atoms with Crippen LogP contribution >= 0.6 is 11.6 Å². The molecule has 1 N–H and O–H groups in total. The molecule has 4 heteroatoms. The number of aryl methyl sites for hydroxylation is 1. The van der Waals surface area contributed by atoms with Crippen molar-refractivity contribution in [3.05, 3.63) is 76.7 Å². The van der Waals surface area contributed by atoms with Crippen molar-refractivity contribution in [3.8, 4) is 0 Å². The molecule has 3 atom stereocenters. The first-order valence-corrected chi connectivity index (χ1v) is 9.66. The first kappa shape index (κ1) is 18.9. The van der Waals surface area contributed by atoms with Crippen LogP contribution in [0.1, 0.15) is 24.5 Å². The van der Waals surface area contributed by atoms with Crippen molar-refractivity contribution >= 4 is 22.4 Å². The molecule has 0 aliphatic heterocycles. The zero-order valence-electron chi connectivity index (χ0n) is 14.0. The summed E-state index contributed by atoms with van der Waals surface area (Å²) in [6.45, 7) is 3.94. The fraction of sp³-hybridized carbons (Fsp3) is 0.300. The van der Waals surface area contributed by atoms with E-state index >= 15 is 0 Å². The molecule has 0 fully saturated rings. The first-order valence-electron chi connectivity index (χ1n) is 8.07. The Morgan fingerprint density at radius 2 is 1.79 bits per heavy atom. The monoisotopic (exact) mass is 362 g/mol. The summed E-state index contributed by atoms with van der Waals surface area (Å²) in [4.78, 5) is 1.17. The van der Waals surface area contributed by atoms with Crippen LogP contribution in [0.15, 0.2) is 70.5 Å². The Kier molecular flexibility index (Phi) is 7.22. The van der Waals surface area contributed by atoms with E-state index in [1.165, 1.54) is 0 Å². The van der Waals surface area contributed by atoms with Crippen molar-refractivity contribution in [3.63, 3.8) is 0 Å². The highest BCUT2D eigenvalue weighted by atomic mass is 35.5. The van der Waals surface area contributed by atoms with Crippen molar-refractivity contribution < 1.29 is 9.32 Å². The minimum atomic E-state index is -1.41. The summed E-state index contributed by atoms with van der Waals surface area (Å²) in [5, 5.41) is 10.1. The first-order chi connectivity index (χ1) is 11.5. The molecule has 2 rings (SSSR count). The number of aliphatic hydroxyl groups is 1. The fourth-order valence-corrected chi connectivity index (χ4v) is 4.18. The van der Waals surface area contributed by atoms with Crippen LogP contribution in [0.3, 0.4) is 0 Å². The molecular formula is C20H23ClO2S. The topological polar surface area (TPSA) is 37.3 Å². The molecule has 0 aromatic heterocycles. The summed E-state index contributed by atoms with van der Waals surface area (Å²) in [7, 11) is -1.41. The number of benzene rings is 2. The molecule has 0 aliphatic rings. The quantitative estimate of drug-likeness (QED) is 0.730. The van der Waals surface area contributed by atoms with Crippen molar-refractivity contribution in [2.75, 3.05) is 0 Å². The van der Waals surface area contributed by atoms with E-state index in [0.29, 0.717) is 22.6 Å². The Labute approximate surface area is 151 Å². The van der Waals surface area contributed by atoms with E-state index in [0.717, 1.165) is 11.1 Å². The summed E-state index contributed by atoms with van der Waals surface area (Å²) in [6.07, 6.45) is 2.09. The molecule has 128 valence electrons. The molecule has 2 aromatic carbocycles. The molecule has 0 saturated carbocycles. The van der Waals surface area contributed by atoms with Gasteiger partial charge in [-0.15, -0.1) is 11.6 Å². The minimum Gasteiger partial charge on any atom is -0.386 e. The van der Waals surface area contributed by atoms with E-state index in [1.807, 2.05) is 74.5 Å². The van der Waals surface area contributed by atoms with Gasteiger partial charge in [0.1, 0.15) is 6.10 Å². The van der Waals surface area contributed by atoms with Gasteiger partial charge >= 0.3 is 0 Å². The van der Waals surface area contributed by atoms with Gasteiger partial charge in [0.05, 0.1) is 16.2 Å². The predicted octanol–water partition coefficient (Wildman–Crippen LogP) is 4.61. The molecule has 0 amide bonds. The highest BCUT2D eigenvalue weighted by molar-refractivity contribution is 7.89. The van der Waals surface area contributed by atoms with Gasteiger partial charge in [-0.3, -0.25) is 0 Å². The van der Waals surface area contributed by atoms with Crippen molar-refractivity contribution in [1.29, 1.82) is 0 Å². The average molecular weight is 363 g/mol. The maximum Gasteiger partial charge on any atom is 0.104 e. The van der Waals surface area contributed by atoms with Gasteiger partial charge in [0.2, 0.25) is 0 Å². The van der Waals surface area contributed by atoms with Gasteiger partial charge < -0.3 is 5.11 Å². The molecule has 0 radical (unpaired) electrons. The van der Waals surface area contributed by atoms with Crippen molar-refractivity contribution in [1.82, 2.24) is 0 Å². The zero-order chi connectivity index (χ0) is 17.5. The van der Waals surface area contributed by atoms with Gasteiger partial charge in [0, 0.05) is 9.80 Å². The smallest absolute Gasteiger partial charge is 0.104 e. The maximum atomic E-state index is 12.9. The van der Waals surface area contributed by atoms with Gasteiger partial charge in [-0.1, -0.05) is 61.0 Å². The van der Waals surface area contributed by atoms with Crippen LogP contribution in [0, 0.1) is 6.92 Å². The number of halogens is 1. The van der Waals surface area contributed by atoms with Gasteiger partial charge in [0.25, 0.3) is 0 Å². The molecular weight excluding hydrogens is 340 g/mol. The summed E-state index contributed by atoms with van der Waals surface area (Å²) in [5.41, 5.74) is 2.16. The van der Waals surface area contributed by atoms with E-state index < -0.39 is 22.3 Å². The lowest BCUT2D eigenvalue weighted by Gasteiger charge is -2.20. The van der Waals surface area contributed by atoms with Crippen LogP contribution in [0.4, 0.5) is 0 Å². The molecule has 2 aromatic rings. The SMILES string of the molecule is CC/C=C(\[C@@H](O)[C@@H](Cl)Cc1ccccc1)[S@@](=O)c1ccc(C)cc1. The Morgan fingerprint density at radius 1 is 1.17 bits per heavy atom. The number of aliphatic hydroxyl groups excluding tert-OH is 1. The largest absolute Gasteiger partial charge is 0.386 e. The number of alkyl halides is 1. The van der Waals surface area contributed by atoms with Gasteiger partial charge in [0.15, 0.2) is 0 Å². The number of allylic oxidation sites excluding steroid dienone is 1. The number of hydrogen-bond donors (Lipinski definition) is 1. The lowest BCUT2D eigenvalue weighted by atomic mass is 10.1. The molecule has 0 spiro atoms. The molecule has 0 heterocycles. The average Bonchev–Trinajstić information content (AvgIpc) is 2.60. The lowest BCUT2D eigenvalue weighted by molar-refractivity contribution is 0.212. The highest BCUT2D eigenvalue weighted by Crippen LogP contribution is 2.24. The van der Waals surface area contributed by atoms with Gasteiger partial charge in [-0.2, -0.15) is 0 Å². The molecule has 0 aliphatic carbocycles. The van der Waals surface area contributed by atoms with E-state index in [4.69, 9.17) is 11.6 Å². The van der Waals surface area contributed by atoms with Crippen molar-refractivity contribution in [2.45, 2.75) is 43.1 Å². The van der Waals surface area contributed by atoms with Crippen LogP contribution in [-0.4, -0.2) is 20.8 Å². The van der Waals surface area contributed by atoms with Crippen LogP contribution in [0.5, 0.6) is 0 Å². The summed E-state index contributed by atoms with van der Waals surface area (Å²) < 4.78 is 12.9. The third-order valence-electron chi connectivity index (χ3n) is 3.76. The third kappa shape index (κ3) is 5.04. The van der Waals surface area contributed by atoms with E-state index in [1.54, 1.807) is 0 Å². The van der Waals surface area contributed by atoms with Crippen LogP contribution < -0.4 is 0 Å². The van der Waals surface area contributed by atoms with Crippen molar-refractivity contribution in [2.24, 2.45) is 0 Å². The fourth-order valence-electron chi connectivity index (χ4n) is 2.43. The molecule has 0 unspecified atom stereocenters. The Morgan fingerprint density at radius 3 is 2.38 bits per heavy atom. The van der Waals surface area contributed by atoms with E-state index in [9.17, 15) is 9.32 Å². The van der Waals surface area contributed by atoms with Gasteiger partial charge in [-0.05, 0) is 37.5 Å². The van der Waals surface area contributed by atoms with Crippen LogP contribution in [0.25, 0.3) is 0 Å². The molecule has 0 bridgehead atoms. The minimum absolute atomic E-state index is 0.484. The molecule has 2 nitrogen and oxygen atoms in total. The highest BCUT2D eigenvalue weighted by Gasteiger charge is 2.25. The second-order valence-electron chi connectivity index (χ2n) is 5.75. The van der Waals surface area contributed by atoms with Crippen LogP contribution in [-0.2, 0) is 17.2 Å². The second kappa shape index (κ2) is 9.16. The number of hydrogen-bond acceptors (Lipinski definition) is 2. The predicted molar refractivity (Wildman–Crippen MR) is 102 cm³/mol. The van der Waals surface area contributed by atoms with Gasteiger partial charge in [-0.25, -0.2) is 4.21 Å². The Bertz CT molecular complexity index is 695.